The van der Waals surface area contributed by atoms with Crippen LogP contribution < -0.4 is 9.04 Å². The lowest BCUT2D eigenvalue weighted by molar-refractivity contribution is 0.305. The highest BCUT2D eigenvalue weighted by Gasteiger charge is 2.30. The normalized spacial score (nSPS) is 16.0. The van der Waals surface area contributed by atoms with Crippen molar-refractivity contribution in [2.45, 2.75) is 50.0 Å². The Morgan fingerprint density at radius 3 is 2.66 bits per heavy atom. The molecule has 1 aliphatic heterocycles. The first kappa shape index (κ1) is 21.4. The van der Waals surface area contributed by atoms with Gasteiger partial charge in [0, 0.05) is 23.2 Å². The Balaban J connectivity index is 1.44. The van der Waals surface area contributed by atoms with Gasteiger partial charge in [0.25, 0.3) is 10.0 Å². The van der Waals surface area contributed by atoms with Crippen molar-refractivity contribution in [2.75, 3.05) is 10.8 Å². The molecule has 166 valence electrons. The molecular weight excluding hydrogens is 442 g/mol. The fraction of sp³-hybridized carbons (Fsp3) is 0.308. The molecule has 0 radical (unpaired) electrons. The van der Waals surface area contributed by atoms with E-state index in [4.69, 9.17) is 16.3 Å². The second kappa shape index (κ2) is 8.45. The maximum atomic E-state index is 13.4. The Kier molecular flexibility index (Phi) is 5.64. The van der Waals surface area contributed by atoms with Crippen molar-refractivity contribution in [3.8, 4) is 5.75 Å². The van der Waals surface area contributed by atoms with Crippen LogP contribution in [0.3, 0.4) is 0 Å². The second-order valence-electron chi connectivity index (χ2n) is 8.66. The predicted octanol–water partition coefficient (Wildman–Crippen LogP) is 6.25. The molecule has 0 amide bonds. The average Bonchev–Trinajstić information content (AvgIpc) is 3.63. The standard InChI is InChI=1S/C26H26ClNO3S/c1-18-5-2-7-22(15-18)32(29,30)28-14-4-6-20-12-13-21(16-26(20)28)31-17-24-23(19-10-11-19)8-3-9-25(24)27/h2-3,5,7-9,12-13,15-16,19H,4,6,10-11,14,17H2,1H3. The van der Waals surface area contributed by atoms with Crippen LogP contribution in [0.25, 0.3) is 0 Å². The number of ether oxygens (including phenoxy) is 1. The molecular formula is C26H26ClNO3S. The van der Waals surface area contributed by atoms with Crippen molar-refractivity contribution >= 4 is 27.3 Å². The van der Waals surface area contributed by atoms with E-state index >= 15 is 0 Å². The van der Waals surface area contributed by atoms with Crippen molar-refractivity contribution < 1.29 is 13.2 Å². The van der Waals surface area contributed by atoms with E-state index in [9.17, 15) is 8.42 Å². The summed E-state index contributed by atoms with van der Waals surface area (Å²) in [5.41, 5.74) is 4.94. The number of sulfonamides is 1. The topological polar surface area (TPSA) is 46.6 Å². The average molecular weight is 468 g/mol. The van der Waals surface area contributed by atoms with E-state index in [0.29, 0.717) is 35.4 Å². The zero-order valence-electron chi connectivity index (χ0n) is 18.1. The first-order valence-electron chi connectivity index (χ1n) is 11.1. The summed E-state index contributed by atoms with van der Waals surface area (Å²) in [6, 6.07) is 18.9. The summed E-state index contributed by atoms with van der Waals surface area (Å²) in [6.07, 6.45) is 4.03. The SMILES string of the molecule is Cc1cccc(S(=O)(=O)N2CCCc3ccc(OCc4c(Cl)cccc4C4CC4)cc32)c1. The molecule has 6 heteroatoms. The Morgan fingerprint density at radius 1 is 1.06 bits per heavy atom. The van der Waals surface area contributed by atoms with Crippen LogP contribution >= 0.6 is 11.6 Å². The molecule has 0 atom stereocenters. The quantitative estimate of drug-likeness (QED) is 0.430. The molecule has 0 spiro atoms. The maximum Gasteiger partial charge on any atom is 0.264 e. The van der Waals surface area contributed by atoms with Gasteiger partial charge < -0.3 is 4.74 Å². The summed E-state index contributed by atoms with van der Waals surface area (Å²) in [5.74, 6) is 1.22. The van der Waals surface area contributed by atoms with Crippen LogP contribution in [-0.4, -0.2) is 15.0 Å². The minimum absolute atomic E-state index is 0.321. The van der Waals surface area contributed by atoms with Crippen LogP contribution in [-0.2, 0) is 23.1 Å². The lowest BCUT2D eigenvalue weighted by Gasteiger charge is -2.31. The van der Waals surface area contributed by atoms with Crippen LogP contribution in [0.15, 0.2) is 65.6 Å². The highest BCUT2D eigenvalue weighted by molar-refractivity contribution is 7.92. The number of anilines is 1. The fourth-order valence-electron chi connectivity index (χ4n) is 4.42. The molecule has 1 aliphatic carbocycles. The van der Waals surface area contributed by atoms with Crippen LogP contribution in [0.2, 0.25) is 5.02 Å². The third-order valence-electron chi connectivity index (χ3n) is 6.27. The first-order chi connectivity index (χ1) is 15.4. The molecule has 0 unspecified atom stereocenters. The van der Waals surface area contributed by atoms with Gasteiger partial charge in [-0.3, -0.25) is 4.31 Å². The maximum absolute atomic E-state index is 13.4. The van der Waals surface area contributed by atoms with E-state index in [1.54, 1.807) is 18.2 Å². The summed E-state index contributed by atoms with van der Waals surface area (Å²) in [4.78, 5) is 0.321. The Hall–Kier alpha value is -2.50. The van der Waals surface area contributed by atoms with Gasteiger partial charge in [-0.2, -0.15) is 0 Å². The molecule has 0 aromatic heterocycles. The molecule has 1 saturated carbocycles. The number of halogens is 1. The number of benzene rings is 3. The second-order valence-corrected chi connectivity index (χ2v) is 10.9. The summed E-state index contributed by atoms with van der Waals surface area (Å²) < 4.78 is 34.5. The molecule has 3 aromatic carbocycles. The predicted molar refractivity (Wildman–Crippen MR) is 128 cm³/mol. The molecule has 0 N–H and O–H groups in total. The summed E-state index contributed by atoms with van der Waals surface area (Å²) in [6.45, 7) is 2.73. The lowest BCUT2D eigenvalue weighted by Crippen LogP contribution is -2.35. The minimum atomic E-state index is -3.64. The Bertz CT molecular complexity index is 1270. The van der Waals surface area contributed by atoms with Crippen LogP contribution in [0.1, 0.15) is 47.4 Å². The summed E-state index contributed by atoms with van der Waals surface area (Å²) >= 11 is 6.48. The molecule has 1 heterocycles. The first-order valence-corrected chi connectivity index (χ1v) is 12.9. The molecule has 4 nitrogen and oxygen atoms in total. The number of rotatable bonds is 6. The van der Waals surface area contributed by atoms with Gasteiger partial charge in [-0.1, -0.05) is 41.9 Å². The molecule has 3 aromatic rings. The van der Waals surface area contributed by atoms with E-state index in [2.05, 4.69) is 6.07 Å². The van der Waals surface area contributed by atoms with Crippen molar-refractivity contribution in [1.29, 1.82) is 0 Å². The van der Waals surface area contributed by atoms with Crippen LogP contribution in [0.5, 0.6) is 5.75 Å². The highest BCUT2D eigenvalue weighted by atomic mass is 35.5. The van der Waals surface area contributed by atoms with E-state index < -0.39 is 10.0 Å². The molecule has 32 heavy (non-hydrogen) atoms. The Labute approximate surface area is 194 Å². The number of fused-ring (bicyclic) bond motifs is 1. The molecule has 5 rings (SSSR count). The number of hydrogen-bond acceptors (Lipinski definition) is 3. The van der Waals surface area contributed by atoms with Crippen LogP contribution in [0.4, 0.5) is 5.69 Å². The zero-order chi connectivity index (χ0) is 22.3. The van der Waals surface area contributed by atoms with Crippen molar-refractivity contribution in [2.24, 2.45) is 0 Å². The van der Waals surface area contributed by atoms with Crippen molar-refractivity contribution in [3.63, 3.8) is 0 Å². The third kappa shape index (κ3) is 4.12. The van der Waals surface area contributed by atoms with Crippen molar-refractivity contribution in [1.82, 2.24) is 0 Å². The van der Waals surface area contributed by atoms with E-state index in [1.807, 2.05) is 43.3 Å². The molecule has 2 aliphatic rings. The number of aryl methyl sites for hydroxylation is 2. The number of nitrogens with zero attached hydrogens (tertiary/aromatic N) is 1. The zero-order valence-corrected chi connectivity index (χ0v) is 19.6. The van der Waals surface area contributed by atoms with Gasteiger partial charge in [-0.15, -0.1) is 0 Å². The monoisotopic (exact) mass is 467 g/mol. The fourth-order valence-corrected chi connectivity index (χ4v) is 6.30. The lowest BCUT2D eigenvalue weighted by atomic mass is 10.0. The smallest absolute Gasteiger partial charge is 0.264 e. The largest absolute Gasteiger partial charge is 0.489 e. The van der Waals surface area contributed by atoms with Gasteiger partial charge in [-0.05, 0) is 79.5 Å². The minimum Gasteiger partial charge on any atom is -0.489 e. The highest BCUT2D eigenvalue weighted by Crippen LogP contribution is 2.43. The van der Waals surface area contributed by atoms with E-state index in [1.165, 1.54) is 22.7 Å². The van der Waals surface area contributed by atoms with E-state index in [-0.39, 0.29) is 0 Å². The van der Waals surface area contributed by atoms with Gasteiger partial charge in [0.1, 0.15) is 12.4 Å². The van der Waals surface area contributed by atoms with Gasteiger partial charge >= 0.3 is 0 Å². The third-order valence-corrected chi connectivity index (χ3v) is 8.43. The van der Waals surface area contributed by atoms with Gasteiger partial charge in [0.05, 0.1) is 10.6 Å². The Morgan fingerprint density at radius 2 is 1.88 bits per heavy atom. The molecule has 1 fully saturated rings. The number of hydrogen-bond donors (Lipinski definition) is 0. The van der Waals surface area contributed by atoms with Gasteiger partial charge in [0.15, 0.2) is 0 Å². The van der Waals surface area contributed by atoms with Gasteiger partial charge in [0.2, 0.25) is 0 Å². The van der Waals surface area contributed by atoms with Crippen LogP contribution in [0, 0.1) is 6.92 Å². The molecule has 0 bridgehead atoms. The van der Waals surface area contributed by atoms with E-state index in [0.717, 1.165) is 34.6 Å². The molecule has 0 saturated heterocycles. The summed E-state index contributed by atoms with van der Waals surface area (Å²) in [5, 5.41) is 0.719. The summed E-state index contributed by atoms with van der Waals surface area (Å²) in [7, 11) is -3.64. The van der Waals surface area contributed by atoms with Gasteiger partial charge in [-0.25, -0.2) is 8.42 Å². The van der Waals surface area contributed by atoms with Crippen molar-refractivity contribution in [3.05, 3.63) is 87.9 Å².